The number of fused-ring (bicyclic) bond motifs is 2. The molecule has 2 atom stereocenters. The summed E-state index contributed by atoms with van der Waals surface area (Å²) < 4.78 is 145. The summed E-state index contributed by atoms with van der Waals surface area (Å²) in [6.45, 7) is 7.27. The molecule has 2 aromatic heterocycles. The number of hydrogen-bond donors (Lipinski definition) is 0. The monoisotopic (exact) mass is 1010 g/mol. The molecule has 0 N–H and O–H groups in total. The number of nitrogens with zero attached hydrogens (tertiary/aromatic N) is 4. The predicted octanol–water partition coefficient (Wildman–Crippen LogP) is 10.7. The molecule has 0 saturated heterocycles. The number of aromatic nitrogens is 4. The lowest BCUT2D eigenvalue weighted by molar-refractivity contribution is -0.119. The van der Waals surface area contributed by atoms with Gasteiger partial charge in [-0.15, -0.1) is 0 Å². The first-order chi connectivity index (χ1) is 31.2. The molecule has 2 aliphatic carbocycles. The highest BCUT2D eigenvalue weighted by atomic mass is 79.9. The SMILES string of the molecule is CC(=O)C[C@@H](C)COC1CCC(Oc2nc3c(F)c(Br)c(OCC(F)F)c(F)c3n2C)CC1.CC(=O)C[C@@H](C)COC1CCC(Oc2nc3c(F)c(C)c(OCC(F)F)c(F)c3n2C)CC1. The van der Waals surface area contributed by atoms with Gasteiger partial charge in [0.05, 0.1) is 12.2 Å². The minimum Gasteiger partial charge on any atom is -0.484 e. The van der Waals surface area contributed by atoms with Gasteiger partial charge in [-0.2, -0.15) is 9.97 Å². The lowest BCUT2D eigenvalue weighted by atomic mass is 9.95. The minimum absolute atomic E-state index is 0.0279. The molecule has 0 spiro atoms. The molecule has 6 rings (SSSR count). The van der Waals surface area contributed by atoms with Crippen LogP contribution in [0.4, 0.5) is 35.1 Å². The third-order valence-electron chi connectivity index (χ3n) is 11.4. The van der Waals surface area contributed by atoms with Crippen molar-refractivity contribution in [1.82, 2.24) is 19.1 Å². The number of ketones is 2. The quantitative estimate of drug-likeness (QED) is 0.0624. The van der Waals surface area contributed by atoms with E-state index in [1.165, 1.54) is 30.2 Å². The molecule has 0 radical (unpaired) electrons. The number of ether oxygens (including phenoxy) is 6. The maximum atomic E-state index is 15.0. The van der Waals surface area contributed by atoms with Crippen molar-refractivity contribution in [3.05, 3.63) is 33.3 Å². The number of Topliss-reactive ketones (excluding diaryl/α,β-unsaturated/α-hetero) is 2. The summed E-state index contributed by atoms with van der Waals surface area (Å²) in [5.74, 6) is -4.28. The van der Waals surface area contributed by atoms with Crippen LogP contribution < -0.4 is 18.9 Å². The first-order valence-electron chi connectivity index (χ1n) is 21.9. The molecule has 2 heterocycles. The minimum atomic E-state index is -2.84. The zero-order valence-corrected chi connectivity index (χ0v) is 39.6. The standard InChI is InChI=1S/C23H30F4N2O4.C22H27BrF4N2O4/c1-12(9-13(2)30)10-31-15-5-7-16(8-6-15)33-23-28-20-18(26)14(3)22(32-11-17(24)25)19(27)21(20)29(23)4;1-11(8-12(2)30)9-31-13-4-6-14(7-5-13)33-22-28-19-17(26)16(23)21(32-10-15(24)25)18(27)20(19)29(22)3/h12,15-17H,5-11H2,1-4H3;11,13-15H,4-10H2,1-3H3/t12-,15?,16?;11-,13?,14?/m11/s1. The highest BCUT2D eigenvalue weighted by Crippen LogP contribution is 2.40. The number of aryl methyl sites for hydroxylation is 2. The molecule has 0 unspecified atom stereocenters. The number of carbonyl (C=O) groups is 2. The van der Waals surface area contributed by atoms with Crippen LogP contribution in [0.3, 0.4) is 0 Å². The van der Waals surface area contributed by atoms with Gasteiger partial charge in [-0.3, -0.25) is 9.13 Å². The van der Waals surface area contributed by atoms with Crippen LogP contribution in [-0.2, 0) is 33.2 Å². The van der Waals surface area contributed by atoms with E-state index in [-0.39, 0.29) is 87.5 Å². The Kier molecular flexibility index (Phi) is 18.9. The van der Waals surface area contributed by atoms with Crippen LogP contribution in [0.2, 0.25) is 0 Å². The molecule has 0 amide bonds. The molecule has 21 heteroatoms. The highest BCUT2D eigenvalue weighted by molar-refractivity contribution is 9.10. The first-order valence-corrected chi connectivity index (χ1v) is 22.7. The van der Waals surface area contributed by atoms with Crippen molar-refractivity contribution in [3.8, 4) is 23.5 Å². The summed E-state index contributed by atoms with van der Waals surface area (Å²) in [6.07, 6.45) is 0.800. The average molecular weight is 1010 g/mol. The van der Waals surface area contributed by atoms with Crippen LogP contribution in [0.1, 0.15) is 97.5 Å². The van der Waals surface area contributed by atoms with E-state index in [1.54, 1.807) is 13.8 Å². The Hall–Kier alpha value is -4.24. The van der Waals surface area contributed by atoms with E-state index in [0.717, 1.165) is 25.7 Å². The van der Waals surface area contributed by atoms with Crippen LogP contribution in [0.25, 0.3) is 22.1 Å². The number of hydrogen-bond acceptors (Lipinski definition) is 10. The lowest BCUT2D eigenvalue weighted by Crippen LogP contribution is -2.30. The van der Waals surface area contributed by atoms with E-state index in [4.69, 9.17) is 28.4 Å². The fraction of sp³-hybridized carbons (Fsp3) is 0.644. The number of benzene rings is 2. The maximum Gasteiger partial charge on any atom is 0.297 e. The van der Waals surface area contributed by atoms with Crippen LogP contribution >= 0.6 is 15.9 Å². The van der Waals surface area contributed by atoms with Gasteiger partial charge in [0, 0.05) is 45.7 Å². The topological polar surface area (TPSA) is 125 Å². The summed E-state index contributed by atoms with van der Waals surface area (Å²) in [5, 5.41) is 0. The van der Waals surface area contributed by atoms with Gasteiger partial charge in [0.1, 0.15) is 63.5 Å². The third-order valence-corrected chi connectivity index (χ3v) is 12.1. The molecule has 2 fully saturated rings. The molecule has 2 aromatic carbocycles. The fourth-order valence-corrected chi connectivity index (χ4v) is 8.63. The van der Waals surface area contributed by atoms with Crippen molar-refractivity contribution in [2.75, 3.05) is 26.4 Å². The van der Waals surface area contributed by atoms with Gasteiger partial charge in [0.25, 0.3) is 24.9 Å². The van der Waals surface area contributed by atoms with Crippen LogP contribution in [0.5, 0.6) is 23.5 Å². The summed E-state index contributed by atoms with van der Waals surface area (Å²) in [7, 11) is 2.94. The largest absolute Gasteiger partial charge is 0.484 e. The van der Waals surface area contributed by atoms with Crippen LogP contribution in [-0.4, -0.2) is 94.4 Å². The van der Waals surface area contributed by atoms with E-state index in [0.29, 0.717) is 51.7 Å². The highest BCUT2D eigenvalue weighted by Gasteiger charge is 2.31. The van der Waals surface area contributed by atoms with E-state index in [1.807, 2.05) is 13.8 Å². The van der Waals surface area contributed by atoms with Crippen molar-refractivity contribution >= 4 is 49.6 Å². The molecule has 12 nitrogen and oxygen atoms in total. The van der Waals surface area contributed by atoms with Gasteiger partial charge < -0.3 is 38.0 Å². The van der Waals surface area contributed by atoms with E-state index < -0.39 is 65.3 Å². The first kappa shape index (κ1) is 52.7. The smallest absolute Gasteiger partial charge is 0.297 e. The molecular formula is C45H57BrF8N4O8. The number of alkyl halides is 4. The Morgan fingerprint density at radius 3 is 1.36 bits per heavy atom. The van der Waals surface area contributed by atoms with Crippen LogP contribution in [0, 0.1) is 42.0 Å². The summed E-state index contributed by atoms with van der Waals surface area (Å²) in [4.78, 5) is 30.6. The Morgan fingerprint density at radius 1 is 0.606 bits per heavy atom. The van der Waals surface area contributed by atoms with Gasteiger partial charge in [-0.25, -0.2) is 35.1 Å². The zero-order chi connectivity index (χ0) is 48.6. The molecule has 0 aliphatic heterocycles. The van der Waals surface area contributed by atoms with Gasteiger partial charge in [0.15, 0.2) is 34.8 Å². The number of imidazole rings is 2. The Bertz CT molecular complexity index is 2140. The Balaban J connectivity index is 0.000000247. The predicted molar refractivity (Wildman–Crippen MR) is 231 cm³/mol. The molecule has 2 aliphatic rings. The fourth-order valence-electron chi connectivity index (χ4n) is 8.16. The van der Waals surface area contributed by atoms with Gasteiger partial charge >= 0.3 is 0 Å². The molecule has 2 saturated carbocycles. The van der Waals surface area contributed by atoms with E-state index >= 15 is 4.39 Å². The number of halogens is 9. The van der Waals surface area contributed by atoms with E-state index in [9.17, 15) is 40.3 Å². The third kappa shape index (κ3) is 13.5. The second-order valence-corrected chi connectivity index (χ2v) is 18.1. The number of rotatable bonds is 20. The van der Waals surface area contributed by atoms with Crippen molar-refractivity contribution in [3.63, 3.8) is 0 Å². The second kappa shape index (κ2) is 23.7. The van der Waals surface area contributed by atoms with Crippen molar-refractivity contribution in [1.29, 1.82) is 0 Å². The normalized spacial score (nSPS) is 19.8. The van der Waals surface area contributed by atoms with Crippen molar-refractivity contribution in [2.45, 2.75) is 136 Å². The average Bonchev–Trinajstić information content (AvgIpc) is 3.76. The number of carbonyl (C=O) groups excluding carboxylic acids is 2. The Labute approximate surface area is 386 Å². The van der Waals surface area contributed by atoms with Gasteiger partial charge in [-0.05, 0) is 99.9 Å². The molecular weight excluding hydrogens is 956 g/mol. The van der Waals surface area contributed by atoms with Gasteiger partial charge in [0.2, 0.25) is 0 Å². The summed E-state index contributed by atoms with van der Waals surface area (Å²) >= 11 is 2.87. The lowest BCUT2D eigenvalue weighted by Gasteiger charge is -2.29. The molecule has 4 aromatic rings. The van der Waals surface area contributed by atoms with Crippen molar-refractivity contribution < 1.29 is 73.1 Å². The van der Waals surface area contributed by atoms with Crippen LogP contribution in [0.15, 0.2) is 4.47 Å². The maximum absolute atomic E-state index is 15.0. The molecule has 0 bridgehead atoms. The van der Waals surface area contributed by atoms with E-state index in [2.05, 4.69) is 25.9 Å². The molecule has 66 heavy (non-hydrogen) atoms. The summed E-state index contributed by atoms with van der Waals surface area (Å²) in [6, 6.07) is 0.0767. The van der Waals surface area contributed by atoms with Gasteiger partial charge in [-0.1, -0.05) is 13.8 Å². The van der Waals surface area contributed by atoms with Crippen molar-refractivity contribution in [2.24, 2.45) is 25.9 Å². The summed E-state index contributed by atoms with van der Waals surface area (Å²) in [5.41, 5.74) is -1.16. The zero-order valence-electron chi connectivity index (χ0n) is 38.0. The Morgan fingerprint density at radius 2 is 0.970 bits per heavy atom. The molecule has 368 valence electrons. The second-order valence-electron chi connectivity index (χ2n) is 17.3.